The molecule has 3 aliphatic rings. The fourth-order valence-electron chi connectivity index (χ4n) is 3.72. The number of likely N-dealkylation sites (tertiary alicyclic amines) is 1. The molecule has 1 spiro atoms. The molecule has 0 radical (unpaired) electrons. The van der Waals surface area contributed by atoms with Crippen molar-refractivity contribution < 1.29 is 9.59 Å². The summed E-state index contributed by atoms with van der Waals surface area (Å²) in [5, 5.41) is 0. The highest BCUT2D eigenvalue weighted by Crippen LogP contribution is 2.43. The second-order valence-electron chi connectivity index (χ2n) is 6.78. The number of nitrogens with zero attached hydrogens (tertiary/aromatic N) is 2. The summed E-state index contributed by atoms with van der Waals surface area (Å²) in [4.78, 5) is 28.5. The molecule has 0 bridgehead atoms. The summed E-state index contributed by atoms with van der Waals surface area (Å²) in [5.74, 6) is 0.793. The fourth-order valence-corrected chi connectivity index (χ4v) is 3.72. The highest BCUT2D eigenvalue weighted by molar-refractivity contribution is 5.96. The smallest absolute Gasteiger partial charge is 0.227 e. The van der Waals surface area contributed by atoms with Crippen LogP contribution in [0.2, 0.25) is 0 Å². The molecular formula is C17H20N2O2. The predicted octanol–water partition coefficient (Wildman–Crippen LogP) is 2.05. The molecule has 2 heterocycles. The molecule has 1 aliphatic carbocycles. The molecule has 21 heavy (non-hydrogen) atoms. The Bertz CT molecular complexity index is 582. The highest BCUT2D eigenvalue weighted by Gasteiger charge is 2.50. The fraction of sp³-hybridized carbons (Fsp3) is 0.529. The molecule has 4 rings (SSSR count). The average molecular weight is 284 g/mol. The van der Waals surface area contributed by atoms with Gasteiger partial charge in [0.2, 0.25) is 11.8 Å². The first kappa shape index (κ1) is 12.9. The Morgan fingerprint density at radius 1 is 1.14 bits per heavy atom. The molecule has 2 saturated heterocycles. The highest BCUT2D eigenvalue weighted by atomic mass is 16.2. The second kappa shape index (κ2) is 4.58. The largest absolute Gasteiger partial charge is 0.342 e. The lowest BCUT2D eigenvalue weighted by Crippen LogP contribution is -2.34. The molecule has 1 aromatic rings. The van der Waals surface area contributed by atoms with Gasteiger partial charge in [-0.3, -0.25) is 9.59 Å². The lowest BCUT2D eigenvalue weighted by Gasteiger charge is -2.24. The van der Waals surface area contributed by atoms with E-state index in [1.165, 1.54) is 0 Å². The van der Waals surface area contributed by atoms with Crippen LogP contribution < -0.4 is 4.90 Å². The quantitative estimate of drug-likeness (QED) is 0.834. The Morgan fingerprint density at radius 3 is 2.62 bits per heavy atom. The number of carbonyl (C=O) groups excluding carboxylic acids is 2. The summed E-state index contributed by atoms with van der Waals surface area (Å²) in [5.41, 5.74) is 0.962. The van der Waals surface area contributed by atoms with E-state index in [0.29, 0.717) is 12.3 Å². The van der Waals surface area contributed by atoms with E-state index in [-0.39, 0.29) is 17.2 Å². The minimum atomic E-state index is -0.0164. The minimum absolute atomic E-state index is 0.0164. The van der Waals surface area contributed by atoms with Gasteiger partial charge in [-0.15, -0.1) is 0 Å². The van der Waals surface area contributed by atoms with Crippen LogP contribution in [0.4, 0.5) is 5.69 Å². The van der Waals surface area contributed by atoms with Crippen molar-refractivity contribution in [2.75, 3.05) is 24.5 Å². The first-order valence-electron chi connectivity index (χ1n) is 7.81. The van der Waals surface area contributed by atoms with E-state index >= 15 is 0 Å². The molecule has 0 unspecified atom stereocenters. The van der Waals surface area contributed by atoms with Crippen molar-refractivity contribution in [3.05, 3.63) is 30.3 Å². The van der Waals surface area contributed by atoms with Crippen LogP contribution in [0.25, 0.3) is 0 Å². The lowest BCUT2D eigenvalue weighted by molar-refractivity contribution is -0.132. The van der Waals surface area contributed by atoms with Crippen LogP contribution in [0.3, 0.4) is 0 Å². The maximum atomic E-state index is 12.4. The third-order valence-corrected chi connectivity index (χ3v) is 5.07. The van der Waals surface area contributed by atoms with Crippen LogP contribution in [0.5, 0.6) is 0 Å². The first-order valence-corrected chi connectivity index (χ1v) is 7.81. The number of para-hydroxylation sites is 1. The van der Waals surface area contributed by atoms with Gasteiger partial charge in [-0.2, -0.15) is 0 Å². The van der Waals surface area contributed by atoms with Gasteiger partial charge in [0.05, 0.1) is 0 Å². The number of hydrogen-bond acceptors (Lipinski definition) is 2. The SMILES string of the molecule is O=C(C1CC1)N1CC[C@@]2(CC(=O)N(c3ccccc3)C2)C1. The van der Waals surface area contributed by atoms with Crippen LogP contribution in [0, 0.1) is 11.3 Å². The Morgan fingerprint density at radius 2 is 1.90 bits per heavy atom. The zero-order chi connectivity index (χ0) is 14.4. The van der Waals surface area contributed by atoms with Crippen molar-refractivity contribution in [2.45, 2.75) is 25.7 Å². The normalized spacial score (nSPS) is 28.7. The maximum Gasteiger partial charge on any atom is 0.227 e. The number of amides is 2. The van der Waals surface area contributed by atoms with Crippen molar-refractivity contribution in [3.8, 4) is 0 Å². The molecule has 1 aromatic carbocycles. The Kier molecular flexibility index (Phi) is 2.81. The summed E-state index contributed by atoms with van der Waals surface area (Å²) in [7, 11) is 0. The van der Waals surface area contributed by atoms with Gasteiger partial charge in [0.25, 0.3) is 0 Å². The van der Waals surface area contributed by atoms with Gasteiger partial charge in [0.15, 0.2) is 0 Å². The van der Waals surface area contributed by atoms with Crippen molar-refractivity contribution in [2.24, 2.45) is 11.3 Å². The summed E-state index contributed by atoms with van der Waals surface area (Å²) >= 11 is 0. The van der Waals surface area contributed by atoms with Crippen LogP contribution in [0.15, 0.2) is 30.3 Å². The number of rotatable bonds is 2. The van der Waals surface area contributed by atoms with Gasteiger partial charge in [-0.25, -0.2) is 0 Å². The van der Waals surface area contributed by atoms with Crippen LogP contribution >= 0.6 is 0 Å². The monoisotopic (exact) mass is 284 g/mol. The topological polar surface area (TPSA) is 40.6 Å². The molecule has 2 aliphatic heterocycles. The molecule has 4 heteroatoms. The van der Waals surface area contributed by atoms with Crippen LogP contribution in [0.1, 0.15) is 25.7 Å². The molecule has 1 saturated carbocycles. The second-order valence-corrected chi connectivity index (χ2v) is 6.78. The van der Waals surface area contributed by atoms with Gasteiger partial charge in [-0.05, 0) is 31.4 Å². The number of anilines is 1. The van der Waals surface area contributed by atoms with Gasteiger partial charge < -0.3 is 9.80 Å². The molecule has 2 amide bonds. The molecule has 0 aromatic heterocycles. The first-order chi connectivity index (χ1) is 10.2. The zero-order valence-electron chi connectivity index (χ0n) is 12.1. The summed E-state index contributed by atoms with van der Waals surface area (Å²) in [6, 6.07) is 9.86. The van der Waals surface area contributed by atoms with Crippen molar-refractivity contribution in [3.63, 3.8) is 0 Å². The number of hydrogen-bond donors (Lipinski definition) is 0. The minimum Gasteiger partial charge on any atom is -0.342 e. The number of benzene rings is 1. The third-order valence-electron chi connectivity index (χ3n) is 5.07. The van der Waals surface area contributed by atoms with Crippen molar-refractivity contribution in [1.29, 1.82) is 0 Å². The Labute approximate surface area is 124 Å². The standard InChI is InChI=1S/C17H20N2O2/c20-15-10-17(12-19(15)14-4-2-1-3-5-14)8-9-18(11-17)16(21)13-6-7-13/h1-5,13H,6-12H2/t17-/m1/s1. The summed E-state index contributed by atoms with van der Waals surface area (Å²) in [6.07, 6.45) is 3.64. The zero-order valence-corrected chi connectivity index (χ0v) is 12.1. The van der Waals surface area contributed by atoms with Gasteiger partial charge in [-0.1, -0.05) is 18.2 Å². The van der Waals surface area contributed by atoms with E-state index in [9.17, 15) is 9.59 Å². The summed E-state index contributed by atoms with van der Waals surface area (Å²) in [6.45, 7) is 2.34. The molecular weight excluding hydrogens is 264 g/mol. The van der Waals surface area contributed by atoms with Crippen LogP contribution in [-0.4, -0.2) is 36.3 Å². The maximum absolute atomic E-state index is 12.4. The van der Waals surface area contributed by atoms with Crippen molar-refractivity contribution >= 4 is 17.5 Å². The van der Waals surface area contributed by atoms with Gasteiger partial charge in [0, 0.05) is 43.1 Å². The van der Waals surface area contributed by atoms with E-state index in [0.717, 1.165) is 44.6 Å². The Hall–Kier alpha value is -1.84. The predicted molar refractivity (Wildman–Crippen MR) is 79.8 cm³/mol. The molecule has 0 N–H and O–H groups in total. The van der Waals surface area contributed by atoms with Crippen molar-refractivity contribution in [1.82, 2.24) is 4.90 Å². The molecule has 110 valence electrons. The van der Waals surface area contributed by atoms with E-state index in [2.05, 4.69) is 0 Å². The third kappa shape index (κ3) is 2.23. The van der Waals surface area contributed by atoms with Gasteiger partial charge >= 0.3 is 0 Å². The van der Waals surface area contributed by atoms with E-state index in [1.54, 1.807) is 0 Å². The average Bonchev–Trinajstić information content (AvgIpc) is 3.20. The Balaban J connectivity index is 1.50. The van der Waals surface area contributed by atoms with E-state index in [4.69, 9.17) is 0 Å². The summed E-state index contributed by atoms with van der Waals surface area (Å²) < 4.78 is 0. The lowest BCUT2D eigenvalue weighted by atomic mass is 9.86. The van der Waals surface area contributed by atoms with E-state index < -0.39 is 0 Å². The molecule has 3 fully saturated rings. The molecule has 4 nitrogen and oxygen atoms in total. The van der Waals surface area contributed by atoms with Gasteiger partial charge in [0.1, 0.15) is 0 Å². The van der Waals surface area contributed by atoms with Crippen LogP contribution in [-0.2, 0) is 9.59 Å². The van der Waals surface area contributed by atoms with E-state index in [1.807, 2.05) is 40.1 Å². The number of carbonyl (C=O) groups is 2. The molecule has 1 atom stereocenters.